The predicted octanol–water partition coefficient (Wildman–Crippen LogP) is 15.1. The van der Waals surface area contributed by atoms with Gasteiger partial charge in [0.1, 0.15) is 11.5 Å². The SMILES string of the molecule is CCCCCCCCCOC(=O)Oc1c2ccccc2c(-c2c3ccccc3c(OC(=O)OCCCCCCCCC)c3ccc(C)cc23)c2cc(C)ccc12. The molecule has 0 saturated heterocycles. The van der Waals surface area contributed by atoms with Crippen LogP contribution in [-0.4, -0.2) is 25.5 Å². The van der Waals surface area contributed by atoms with Gasteiger partial charge in [0.05, 0.1) is 13.2 Å². The molecule has 0 unspecified atom stereocenters. The molecule has 0 fully saturated rings. The number of ether oxygens (including phenoxy) is 4. The lowest BCUT2D eigenvalue weighted by atomic mass is 9.84. The summed E-state index contributed by atoms with van der Waals surface area (Å²) in [6, 6.07) is 28.7. The molecule has 0 N–H and O–H groups in total. The van der Waals surface area contributed by atoms with E-state index in [2.05, 4.69) is 52.0 Å². The molecule has 0 aliphatic rings. The largest absolute Gasteiger partial charge is 0.513 e. The molecule has 6 nitrogen and oxygen atoms in total. The van der Waals surface area contributed by atoms with E-state index in [-0.39, 0.29) is 0 Å². The lowest BCUT2D eigenvalue weighted by molar-refractivity contribution is 0.0972. The zero-order chi connectivity index (χ0) is 39.3. The summed E-state index contributed by atoms with van der Waals surface area (Å²) in [5.74, 6) is 0.967. The minimum Gasteiger partial charge on any atom is -0.434 e. The normalized spacial score (nSPS) is 11.4. The first-order valence-corrected chi connectivity index (χ1v) is 21.0. The Morgan fingerprint density at radius 1 is 0.411 bits per heavy atom. The molecule has 0 aliphatic heterocycles. The molecule has 294 valence electrons. The minimum absolute atomic E-state index is 0.331. The Morgan fingerprint density at radius 3 is 1.14 bits per heavy atom. The fourth-order valence-electron chi connectivity index (χ4n) is 7.92. The van der Waals surface area contributed by atoms with E-state index in [9.17, 15) is 9.59 Å². The molecule has 0 saturated carbocycles. The van der Waals surface area contributed by atoms with Crippen molar-refractivity contribution in [1.82, 2.24) is 0 Å². The molecule has 0 spiro atoms. The first kappa shape index (κ1) is 40.6. The second-order valence-corrected chi connectivity index (χ2v) is 15.2. The number of hydrogen-bond donors (Lipinski definition) is 0. The maximum atomic E-state index is 13.3. The Hall–Kier alpha value is -5.10. The number of hydrogen-bond acceptors (Lipinski definition) is 6. The van der Waals surface area contributed by atoms with E-state index in [0.29, 0.717) is 24.7 Å². The van der Waals surface area contributed by atoms with Crippen molar-refractivity contribution in [2.75, 3.05) is 13.2 Å². The van der Waals surface area contributed by atoms with Crippen LogP contribution in [0.3, 0.4) is 0 Å². The van der Waals surface area contributed by atoms with Crippen LogP contribution in [0.15, 0.2) is 84.9 Å². The summed E-state index contributed by atoms with van der Waals surface area (Å²) < 4.78 is 23.5. The average molecular weight is 755 g/mol. The maximum Gasteiger partial charge on any atom is 0.513 e. The molecule has 0 atom stereocenters. The lowest BCUT2D eigenvalue weighted by Gasteiger charge is -2.21. The van der Waals surface area contributed by atoms with Gasteiger partial charge in [0, 0.05) is 21.5 Å². The molecular formula is C50H58O6. The van der Waals surface area contributed by atoms with Gasteiger partial charge >= 0.3 is 12.3 Å². The summed E-state index contributed by atoms with van der Waals surface area (Å²) in [7, 11) is 0. The molecule has 6 rings (SSSR count). The van der Waals surface area contributed by atoms with Gasteiger partial charge in [-0.1, -0.05) is 187 Å². The van der Waals surface area contributed by atoms with Crippen LogP contribution in [0.5, 0.6) is 11.5 Å². The molecular weight excluding hydrogens is 697 g/mol. The summed E-state index contributed by atoms with van der Waals surface area (Å²) in [5, 5.41) is 7.04. The van der Waals surface area contributed by atoms with E-state index >= 15 is 0 Å². The van der Waals surface area contributed by atoms with Crippen molar-refractivity contribution in [2.24, 2.45) is 0 Å². The van der Waals surface area contributed by atoms with Crippen LogP contribution in [0.25, 0.3) is 54.2 Å². The van der Waals surface area contributed by atoms with Crippen molar-refractivity contribution >= 4 is 55.4 Å². The van der Waals surface area contributed by atoms with Crippen molar-refractivity contribution in [3.63, 3.8) is 0 Å². The molecule has 0 aromatic heterocycles. The van der Waals surface area contributed by atoms with E-state index in [1.165, 1.54) is 51.4 Å². The summed E-state index contributed by atoms with van der Waals surface area (Å²) in [6.45, 7) is 9.25. The average Bonchev–Trinajstić information content (AvgIpc) is 3.20. The molecule has 0 amide bonds. The van der Waals surface area contributed by atoms with Crippen molar-refractivity contribution in [3.05, 3.63) is 96.1 Å². The number of carbonyl (C=O) groups excluding carboxylic acids is 2. The summed E-state index contributed by atoms with van der Waals surface area (Å²) in [6.07, 6.45) is 14.5. The Labute approximate surface area is 332 Å². The maximum absolute atomic E-state index is 13.3. The Kier molecular flexibility index (Phi) is 14.6. The van der Waals surface area contributed by atoms with Crippen LogP contribution >= 0.6 is 0 Å². The molecule has 56 heavy (non-hydrogen) atoms. The van der Waals surface area contributed by atoms with Gasteiger partial charge in [-0.3, -0.25) is 0 Å². The van der Waals surface area contributed by atoms with Gasteiger partial charge in [0.25, 0.3) is 0 Å². The van der Waals surface area contributed by atoms with E-state index < -0.39 is 12.3 Å². The quantitative estimate of drug-likeness (QED) is 0.0355. The summed E-state index contributed by atoms with van der Waals surface area (Å²) in [5.41, 5.74) is 4.19. The minimum atomic E-state index is -0.692. The Bertz CT molecular complexity index is 2110. The first-order valence-electron chi connectivity index (χ1n) is 21.0. The van der Waals surface area contributed by atoms with E-state index in [4.69, 9.17) is 18.9 Å². The van der Waals surface area contributed by atoms with E-state index in [0.717, 1.165) is 104 Å². The number of carbonyl (C=O) groups is 2. The van der Waals surface area contributed by atoms with E-state index in [1.54, 1.807) is 0 Å². The second kappa shape index (κ2) is 20.2. The van der Waals surface area contributed by atoms with Gasteiger partial charge in [0.2, 0.25) is 0 Å². The molecule has 0 aliphatic carbocycles. The smallest absolute Gasteiger partial charge is 0.434 e. The number of aryl methyl sites for hydroxylation is 2. The topological polar surface area (TPSA) is 71.1 Å². The van der Waals surface area contributed by atoms with E-state index in [1.807, 2.05) is 60.7 Å². The lowest BCUT2D eigenvalue weighted by Crippen LogP contribution is -2.12. The molecule has 0 heterocycles. The van der Waals surface area contributed by atoms with Crippen molar-refractivity contribution in [1.29, 1.82) is 0 Å². The summed E-state index contributed by atoms with van der Waals surface area (Å²) in [4.78, 5) is 26.5. The molecule has 6 aromatic carbocycles. The molecule has 0 radical (unpaired) electrons. The predicted molar refractivity (Wildman–Crippen MR) is 231 cm³/mol. The highest BCUT2D eigenvalue weighted by Crippen LogP contribution is 2.50. The number of rotatable bonds is 19. The third-order valence-corrected chi connectivity index (χ3v) is 10.8. The zero-order valence-electron chi connectivity index (χ0n) is 33.8. The molecule has 0 bridgehead atoms. The highest BCUT2D eigenvalue weighted by atomic mass is 16.7. The van der Waals surface area contributed by atoms with Gasteiger partial charge < -0.3 is 18.9 Å². The summed E-state index contributed by atoms with van der Waals surface area (Å²) >= 11 is 0. The number of fused-ring (bicyclic) bond motifs is 4. The fourth-order valence-corrected chi connectivity index (χ4v) is 7.92. The zero-order valence-corrected chi connectivity index (χ0v) is 33.8. The van der Waals surface area contributed by atoms with Crippen LogP contribution in [0.2, 0.25) is 0 Å². The Balaban J connectivity index is 1.38. The highest BCUT2D eigenvalue weighted by Gasteiger charge is 2.25. The molecule has 6 aromatic rings. The van der Waals surface area contributed by atoms with Crippen molar-refractivity contribution < 1.29 is 28.5 Å². The van der Waals surface area contributed by atoms with Crippen LogP contribution in [0.1, 0.15) is 115 Å². The van der Waals surface area contributed by atoms with Crippen LogP contribution in [0.4, 0.5) is 9.59 Å². The third kappa shape index (κ3) is 9.82. The monoisotopic (exact) mass is 754 g/mol. The van der Waals surface area contributed by atoms with Crippen LogP contribution in [0, 0.1) is 13.8 Å². The van der Waals surface area contributed by atoms with Gasteiger partial charge in [-0.25, -0.2) is 9.59 Å². The van der Waals surface area contributed by atoms with Gasteiger partial charge in [-0.15, -0.1) is 0 Å². The number of benzene rings is 6. The number of unbranched alkanes of at least 4 members (excludes halogenated alkanes) is 12. The third-order valence-electron chi connectivity index (χ3n) is 10.8. The second-order valence-electron chi connectivity index (χ2n) is 15.2. The van der Waals surface area contributed by atoms with Gasteiger partial charge in [-0.2, -0.15) is 0 Å². The first-order chi connectivity index (χ1) is 27.4. The fraction of sp³-hybridized carbons (Fsp3) is 0.400. The Morgan fingerprint density at radius 2 is 0.750 bits per heavy atom. The molecule has 6 heteroatoms. The van der Waals surface area contributed by atoms with Crippen LogP contribution in [-0.2, 0) is 9.47 Å². The standard InChI is InChI=1S/C50H58O6/c1-5-7-9-11-13-15-21-31-53-49(51)55-47-39-25-19-17-23-37(39)45(43-33-35(3)27-29-41(43)47)46-38-24-18-20-26-40(38)48(42-30-28-36(4)34-44(42)46)56-50(52)54-32-22-16-14-12-10-8-6-2/h17-20,23-30,33-34H,5-16,21-22,31-32H2,1-4H3. The van der Waals surface area contributed by atoms with Crippen LogP contribution < -0.4 is 9.47 Å². The van der Waals surface area contributed by atoms with Crippen molar-refractivity contribution in [3.8, 4) is 22.6 Å². The van der Waals surface area contributed by atoms with Gasteiger partial charge in [0.15, 0.2) is 0 Å². The highest BCUT2D eigenvalue weighted by molar-refractivity contribution is 6.27. The van der Waals surface area contributed by atoms with Crippen molar-refractivity contribution in [2.45, 2.75) is 118 Å². The van der Waals surface area contributed by atoms with Gasteiger partial charge in [-0.05, 0) is 59.4 Å².